The van der Waals surface area contributed by atoms with Crippen molar-refractivity contribution in [2.75, 3.05) is 13.1 Å². The highest BCUT2D eigenvalue weighted by Crippen LogP contribution is 2.30. The molecule has 2 fully saturated rings. The van der Waals surface area contributed by atoms with Crippen molar-refractivity contribution in [3.05, 3.63) is 23.9 Å². The van der Waals surface area contributed by atoms with Gasteiger partial charge in [0.05, 0.1) is 11.7 Å². The number of piperidine rings is 1. The van der Waals surface area contributed by atoms with Crippen LogP contribution in [0.4, 0.5) is 0 Å². The van der Waals surface area contributed by atoms with Gasteiger partial charge in [0.15, 0.2) is 0 Å². The van der Waals surface area contributed by atoms with Crippen LogP contribution in [0.2, 0.25) is 0 Å². The fourth-order valence-corrected chi connectivity index (χ4v) is 4.11. The molecule has 1 aromatic carbocycles. The molecule has 1 N–H and O–H groups in total. The normalized spacial score (nSPS) is 24.1. The smallest absolute Gasteiger partial charge is 0.123 e. The van der Waals surface area contributed by atoms with Crippen LogP contribution in [0.15, 0.2) is 18.3 Å². The van der Waals surface area contributed by atoms with Crippen molar-refractivity contribution in [2.24, 2.45) is 0 Å². The van der Waals surface area contributed by atoms with Gasteiger partial charge >= 0.3 is 0 Å². The summed E-state index contributed by atoms with van der Waals surface area (Å²) in [5.41, 5.74) is 2.28. The van der Waals surface area contributed by atoms with Gasteiger partial charge in [-0.15, -0.1) is 0 Å². The Kier molecular flexibility index (Phi) is 3.78. The fourth-order valence-electron chi connectivity index (χ4n) is 4.11. The summed E-state index contributed by atoms with van der Waals surface area (Å²) < 4.78 is 6.37. The van der Waals surface area contributed by atoms with E-state index >= 15 is 0 Å². The third-order valence-corrected chi connectivity index (χ3v) is 5.39. The number of likely N-dealkylation sites (tertiary alicyclic amines) is 1. The first-order valence-electron chi connectivity index (χ1n) is 8.64. The average molecular weight is 299 g/mol. The Morgan fingerprint density at radius 2 is 2.05 bits per heavy atom. The Balaban J connectivity index is 1.48. The molecular weight excluding hydrogens is 274 g/mol. The van der Waals surface area contributed by atoms with Crippen molar-refractivity contribution < 1.29 is 4.74 Å². The highest BCUT2D eigenvalue weighted by Gasteiger charge is 2.29. The third kappa shape index (κ3) is 2.60. The van der Waals surface area contributed by atoms with Gasteiger partial charge in [-0.1, -0.05) is 12.8 Å². The maximum atomic E-state index is 6.37. The molecule has 2 aliphatic rings. The van der Waals surface area contributed by atoms with Crippen molar-refractivity contribution in [3.8, 4) is 5.75 Å². The molecule has 1 aliphatic carbocycles. The largest absolute Gasteiger partial charge is 0.489 e. The monoisotopic (exact) mass is 299 g/mol. The van der Waals surface area contributed by atoms with Gasteiger partial charge in [-0.05, 0) is 51.3 Å². The van der Waals surface area contributed by atoms with Gasteiger partial charge in [-0.3, -0.25) is 10.00 Å². The zero-order chi connectivity index (χ0) is 14.9. The first-order valence-corrected chi connectivity index (χ1v) is 8.64. The van der Waals surface area contributed by atoms with Crippen LogP contribution in [-0.4, -0.2) is 40.3 Å². The summed E-state index contributed by atoms with van der Waals surface area (Å²) >= 11 is 0. The molecule has 1 unspecified atom stereocenters. The zero-order valence-electron chi connectivity index (χ0n) is 13.3. The molecule has 22 heavy (non-hydrogen) atoms. The average Bonchev–Trinajstić information content (AvgIpc) is 3.21. The van der Waals surface area contributed by atoms with E-state index in [0.29, 0.717) is 6.10 Å². The highest BCUT2D eigenvalue weighted by molar-refractivity contribution is 5.83. The van der Waals surface area contributed by atoms with Crippen LogP contribution in [0.25, 0.3) is 10.9 Å². The molecule has 4 rings (SSSR count). The van der Waals surface area contributed by atoms with Crippen molar-refractivity contribution in [1.82, 2.24) is 15.1 Å². The highest BCUT2D eigenvalue weighted by atomic mass is 16.5. The summed E-state index contributed by atoms with van der Waals surface area (Å²) in [6.07, 6.45) is 10.2. The maximum absolute atomic E-state index is 6.37. The topological polar surface area (TPSA) is 41.1 Å². The van der Waals surface area contributed by atoms with E-state index in [1.54, 1.807) is 0 Å². The maximum Gasteiger partial charge on any atom is 0.123 e. The number of nitrogens with one attached hydrogen (secondary N) is 1. The molecule has 4 heteroatoms. The molecule has 0 spiro atoms. The molecule has 0 amide bonds. The van der Waals surface area contributed by atoms with Gasteiger partial charge in [0, 0.05) is 23.5 Å². The predicted molar refractivity (Wildman–Crippen MR) is 88.3 cm³/mol. The number of hydrogen-bond acceptors (Lipinski definition) is 3. The van der Waals surface area contributed by atoms with Crippen molar-refractivity contribution in [1.29, 1.82) is 0 Å². The molecule has 1 aromatic heterocycles. The number of aromatic amines is 1. The Morgan fingerprint density at radius 1 is 1.18 bits per heavy atom. The lowest BCUT2D eigenvalue weighted by molar-refractivity contribution is 0.0626. The Bertz CT molecular complexity index is 645. The number of aryl methyl sites for hydroxylation is 1. The second-order valence-electron chi connectivity index (χ2n) is 6.84. The van der Waals surface area contributed by atoms with Crippen LogP contribution >= 0.6 is 0 Å². The minimum atomic E-state index is 0.331. The van der Waals surface area contributed by atoms with Gasteiger partial charge in [0.25, 0.3) is 0 Å². The second kappa shape index (κ2) is 5.92. The SMILES string of the molecule is Cc1c(OC2CCCN(C3CCCC3)C2)ccc2[nH]ncc12. The number of fused-ring (bicyclic) bond motifs is 1. The lowest BCUT2D eigenvalue weighted by Crippen LogP contribution is -2.45. The van der Waals surface area contributed by atoms with E-state index in [9.17, 15) is 0 Å². The first-order chi connectivity index (χ1) is 10.8. The molecule has 0 radical (unpaired) electrons. The number of hydrogen-bond donors (Lipinski definition) is 1. The quantitative estimate of drug-likeness (QED) is 0.940. The summed E-state index contributed by atoms with van der Waals surface area (Å²) in [5, 5.41) is 8.31. The standard InChI is InChI=1S/C18H25N3O/c1-13-16-11-19-20-17(16)8-9-18(13)22-15-7-4-10-21(12-15)14-5-2-3-6-14/h8-9,11,14-15H,2-7,10,12H2,1H3,(H,19,20). The molecule has 2 aromatic rings. The molecule has 1 atom stereocenters. The van der Waals surface area contributed by atoms with E-state index < -0.39 is 0 Å². The lowest BCUT2D eigenvalue weighted by Gasteiger charge is -2.37. The Morgan fingerprint density at radius 3 is 2.91 bits per heavy atom. The Hall–Kier alpha value is -1.55. The number of benzene rings is 1. The molecule has 0 bridgehead atoms. The number of H-pyrrole nitrogens is 1. The number of aromatic nitrogens is 2. The summed E-state index contributed by atoms with van der Waals surface area (Å²) in [6.45, 7) is 4.47. The number of rotatable bonds is 3. The van der Waals surface area contributed by atoms with E-state index in [-0.39, 0.29) is 0 Å². The van der Waals surface area contributed by atoms with E-state index in [1.807, 2.05) is 6.20 Å². The van der Waals surface area contributed by atoms with Crippen molar-refractivity contribution in [2.45, 2.75) is 57.6 Å². The van der Waals surface area contributed by atoms with Crippen LogP contribution < -0.4 is 4.74 Å². The number of nitrogens with zero attached hydrogens (tertiary/aromatic N) is 2. The Labute approximate surface area is 131 Å². The molecule has 1 aliphatic heterocycles. The van der Waals surface area contributed by atoms with E-state index in [1.165, 1.54) is 56.0 Å². The van der Waals surface area contributed by atoms with Gasteiger partial charge in [0.1, 0.15) is 11.9 Å². The van der Waals surface area contributed by atoms with E-state index in [0.717, 1.165) is 23.9 Å². The molecule has 118 valence electrons. The second-order valence-corrected chi connectivity index (χ2v) is 6.84. The summed E-state index contributed by atoms with van der Waals surface area (Å²) in [6, 6.07) is 4.97. The summed E-state index contributed by atoms with van der Waals surface area (Å²) in [4.78, 5) is 2.67. The molecular formula is C18H25N3O. The van der Waals surface area contributed by atoms with Gasteiger partial charge < -0.3 is 4.74 Å². The van der Waals surface area contributed by atoms with Crippen LogP contribution in [-0.2, 0) is 0 Å². The van der Waals surface area contributed by atoms with Crippen LogP contribution in [0, 0.1) is 6.92 Å². The minimum Gasteiger partial charge on any atom is -0.489 e. The number of ether oxygens (including phenoxy) is 1. The zero-order valence-corrected chi connectivity index (χ0v) is 13.3. The van der Waals surface area contributed by atoms with Crippen molar-refractivity contribution in [3.63, 3.8) is 0 Å². The molecule has 2 heterocycles. The third-order valence-electron chi connectivity index (χ3n) is 5.39. The lowest BCUT2D eigenvalue weighted by atomic mass is 10.0. The van der Waals surface area contributed by atoms with Gasteiger partial charge in [0.2, 0.25) is 0 Å². The van der Waals surface area contributed by atoms with Crippen LogP contribution in [0.1, 0.15) is 44.1 Å². The van der Waals surface area contributed by atoms with E-state index in [4.69, 9.17) is 4.74 Å². The first kappa shape index (κ1) is 14.1. The summed E-state index contributed by atoms with van der Waals surface area (Å²) in [5.74, 6) is 1.02. The van der Waals surface area contributed by atoms with Crippen LogP contribution in [0.5, 0.6) is 5.75 Å². The molecule has 1 saturated heterocycles. The fraction of sp³-hybridized carbons (Fsp3) is 0.611. The van der Waals surface area contributed by atoms with Crippen molar-refractivity contribution >= 4 is 10.9 Å². The van der Waals surface area contributed by atoms with Crippen LogP contribution in [0.3, 0.4) is 0 Å². The molecule has 4 nitrogen and oxygen atoms in total. The minimum absolute atomic E-state index is 0.331. The summed E-state index contributed by atoms with van der Waals surface area (Å²) in [7, 11) is 0. The van der Waals surface area contributed by atoms with Gasteiger partial charge in [-0.2, -0.15) is 5.10 Å². The molecule has 1 saturated carbocycles. The van der Waals surface area contributed by atoms with E-state index in [2.05, 4.69) is 34.2 Å². The predicted octanol–water partition coefficient (Wildman–Crippen LogP) is 3.66. The van der Waals surface area contributed by atoms with Gasteiger partial charge in [-0.25, -0.2) is 0 Å².